The van der Waals surface area contributed by atoms with E-state index in [-0.39, 0.29) is 12.1 Å². The summed E-state index contributed by atoms with van der Waals surface area (Å²) in [6.07, 6.45) is 2.46. The van der Waals surface area contributed by atoms with Crippen molar-refractivity contribution in [1.82, 2.24) is 5.43 Å². The minimum atomic E-state index is 0.180. The fourth-order valence-corrected chi connectivity index (χ4v) is 1.60. The summed E-state index contributed by atoms with van der Waals surface area (Å²) in [6.45, 7) is 6.41. The Morgan fingerprint density at radius 1 is 1.33 bits per heavy atom. The lowest BCUT2D eigenvalue weighted by molar-refractivity contribution is 0.0590. The van der Waals surface area contributed by atoms with Crippen LogP contribution in [0.3, 0.4) is 0 Å². The number of methoxy groups -OCH3 is 1. The molecule has 0 fully saturated rings. The largest absolute Gasteiger partial charge is 0.380 e. The van der Waals surface area contributed by atoms with Crippen LogP contribution in [0.15, 0.2) is 0 Å². The molecule has 0 aromatic heterocycles. The number of hydrogen-bond acceptors (Lipinski definition) is 3. The van der Waals surface area contributed by atoms with Gasteiger partial charge in [-0.25, -0.2) is 0 Å². The third-order valence-electron chi connectivity index (χ3n) is 2.63. The van der Waals surface area contributed by atoms with Crippen molar-refractivity contribution >= 4 is 0 Å². The molecule has 3 nitrogen and oxygen atoms in total. The summed E-state index contributed by atoms with van der Waals surface area (Å²) in [5.74, 6) is 6.07. The van der Waals surface area contributed by atoms with Gasteiger partial charge in [-0.15, -0.1) is 0 Å². The average molecular weight is 174 g/mol. The Hall–Kier alpha value is -0.120. The minimum Gasteiger partial charge on any atom is -0.380 e. The molecule has 0 aromatic carbocycles. The maximum absolute atomic E-state index is 5.47. The summed E-state index contributed by atoms with van der Waals surface area (Å²) in [5, 5.41) is 0. The summed E-state index contributed by atoms with van der Waals surface area (Å²) in [7, 11) is 1.72. The second-order valence-corrected chi connectivity index (χ2v) is 3.21. The zero-order valence-electron chi connectivity index (χ0n) is 8.63. The highest BCUT2D eigenvalue weighted by Crippen LogP contribution is 2.16. The van der Waals surface area contributed by atoms with Crippen molar-refractivity contribution < 1.29 is 4.74 Å². The number of hydrazine groups is 1. The van der Waals surface area contributed by atoms with Crippen molar-refractivity contribution in [2.75, 3.05) is 7.11 Å². The molecule has 0 aliphatic heterocycles. The Balaban J connectivity index is 4.09. The molecule has 0 amide bonds. The van der Waals surface area contributed by atoms with Crippen LogP contribution < -0.4 is 11.3 Å². The molecular weight excluding hydrogens is 152 g/mol. The Morgan fingerprint density at radius 3 is 2.08 bits per heavy atom. The van der Waals surface area contributed by atoms with E-state index in [2.05, 4.69) is 19.3 Å². The smallest absolute Gasteiger partial charge is 0.0712 e. The van der Waals surface area contributed by atoms with Crippen LogP contribution in [0.25, 0.3) is 0 Å². The van der Waals surface area contributed by atoms with Gasteiger partial charge in [0.15, 0.2) is 0 Å². The predicted octanol–water partition coefficient (Wildman–Crippen LogP) is 1.29. The molecule has 0 heterocycles. The van der Waals surface area contributed by atoms with Crippen LogP contribution >= 0.6 is 0 Å². The van der Waals surface area contributed by atoms with Gasteiger partial charge in [0.2, 0.25) is 0 Å². The van der Waals surface area contributed by atoms with Gasteiger partial charge in [0.25, 0.3) is 0 Å². The molecule has 0 aliphatic rings. The molecule has 0 aliphatic carbocycles. The molecule has 12 heavy (non-hydrogen) atoms. The summed E-state index contributed by atoms with van der Waals surface area (Å²) >= 11 is 0. The van der Waals surface area contributed by atoms with Gasteiger partial charge < -0.3 is 4.74 Å². The van der Waals surface area contributed by atoms with E-state index < -0.39 is 0 Å². The van der Waals surface area contributed by atoms with Crippen LogP contribution in [0.2, 0.25) is 0 Å². The lowest BCUT2D eigenvalue weighted by Crippen LogP contribution is -2.48. The van der Waals surface area contributed by atoms with Gasteiger partial charge in [0.05, 0.1) is 6.10 Å². The molecule has 0 bridgehead atoms. The highest BCUT2D eigenvalue weighted by atomic mass is 16.5. The molecule has 0 spiro atoms. The SMILES string of the molecule is CCC(CC)C(NN)C(C)OC. The Morgan fingerprint density at radius 2 is 1.83 bits per heavy atom. The van der Waals surface area contributed by atoms with Crippen LogP contribution in [0.1, 0.15) is 33.6 Å². The monoisotopic (exact) mass is 174 g/mol. The second kappa shape index (κ2) is 6.40. The van der Waals surface area contributed by atoms with Crippen molar-refractivity contribution in [3.63, 3.8) is 0 Å². The van der Waals surface area contributed by atoms with Crippen molar-refractivity contribution in [3.8, 4) is 0 Å². The summed E-state index contributed by atoms with van der Waals surface area (Å²) in [5.41, 5.74) is 2.83. The van der Waals surface area contributed by atoms with Gasteiger partial charge in [-0.3, -0.25) is 11.3 Å². The second-order valence-electron chi connectivity index (χ2n) is 3.21. The highest BCUT2D eigenvalue weighted by Gasteiger charge is 2.22. The molecule has 2 unspecified atom stereocenters. The lowest BCUT2D eigenvalue weighted by atomic mass is 9.91. The van der Waals surface area contributed by atoms with E-state index in [4.69, 9.17) is 10.6 Å². The summed E-state index contributed by atoms with van der Waals surface area (Å²) < 4.78 is 5.25. The average Bonchev–Trinajstić information content (AvgIpc) is 2.12. The molecule has 74 valence electrons. The van der Waals surface area contributed by atoms with E-state index in [1.807, 2.05) is 6.92 Å². The molecule has 0 radical (unpaired) electrons. The third kappa shape index (κ3) is 3.09. The fourth-order valence-electron chi connectivity index (χ4n) is 1.60. The first-order valence-electron chi connectivity index (χ1n) is 4.70. The van der Waals surface area contributed by atoms with Crippen molar-refractivity contribution in [2.24, 2.45) is 11.8 Å². The third-order valence-corrected chi connectivity index (χ3v) is 2.63. The van der Waals surface area contributed by atoms with E-state index in [0.29, 0.717) is 5.92 Å². The van der Waals surface area contributed by atoms with Gasteiger partial charge in [0.1, 0.15) is 0 Å². The zero-order valence-corrected chi connectivity index (χ0v) is 8.63. The van der Waals surface area contributed by atoms with Crippen LogP contribution in [-0.2, 0) is 4.74 Å². The van der Waals surface area contributed by atoms with Gasteiger partial charge in [-0.05, 0) is 12.8 Å². The van der Waals surface area contributed by atoms with Crippen molar-refractivity contribution in [3.05, 3.63) is 0 Å². The fraction of sp³-hybridized carbons (Fsp3) is 1.00. The normalized spacial score (nSPS) is 16.5. The number of ether oxygens (including phenoxy) is 1. The first-order valence-corrected chi connectivity index (χ1v) is 4.70. The standard InChI is InChI=1S/C9H22N2O/c1-5-8(6-2)9(11-10)7(3)12-4/h7-9,11H,5-6,10H2,1-4H3. The van der Waals surface area contributed by atoms with Crippen LogP contribution in [0.5, 0.6) is 0 Å². The predicted molar refractivity (Wildman–Crippen MR) is 51.7 cm³/mol. The Labute approximate surface area is 75.6 Å². The molecule has 0 aromatic rings. The maximum atomic E-state index is 5.47. The number of nitrogens with two attached hydrogens (primary N) is 1. The van der Waals surface area contributed by atoms with Crippen molar-refractivity contribution in [1.29, 1.82) is 0 Å². The van der Waals surface area contributed by atoms with Gasteiger partial charge >= 0.3 is 0 Å². The van der Waals surface area contributed by atoms with Crippen LogP contribution in [-0.4, -0.2) is 19.3 Å². The number of nitrogens with one attached hydrogen (secondary N) is 1. The first-order chi connectivity index (χ1) is 5.71. The number of hydrogen-bond donors (Lipinski definition) is 2. The Kier molecular flexibility index (Phi) is 6.34. The lowest BCUT2D eigenvalue weighted by Gasteiger charge is -2.28. The summed E-state index contributed by atoms with van der Waals surface area (Å²) in [4.78, 5) is 0. The van der Waals surface area contributed by atoms with Gasteiger partial charge in [0, 0.05) is 13.2 Å². The first kappa shape index (κ1) is 11.9. The maximum Gasteiger partial charge on any atom is 0.0712 e. The molecule has 0 saturated heterocycles. The molecule has 0 rings (SSSR count). The molecule has 0 saturated carbocycles. The van der Waals surface area contributed by atoms with Crippen LogP contribution in [0, 0.1) is 5.92 Å². The molecule has 2 atom stereocenters. The topological polar surface area (TPSA) is 47.3 Å². The number of rotatable bonds is 6. The molecule has 3 heteroatoms. The van der Waals surface area contributed by atoms with Gasteiger partial charge in [-0.2, -0.15) is 0 Å². The van der Waals surface area contributed by atoms with E-state index in [9.17, 15) is 0 Å². The summed E-state index contributed by atoms with van der Waals surface area (Å²) in [6, 6.07) is 0.269. The van der Waals surface area contributed by atoms with E-state index >= 15 is 0 Å². The van der Waals surface area contributed by atoms with E-state index in [1.54, 1.807) is 7.11 Å². The van der Waals surface area contributed by atoms with Crippen molar-refractivity contribution in [2.45, 2.75) is 45.8 Å². The van der Waals surface area contributed by atoms with Gasteiger partial charge in [-0.1, -0.05) is 26.7 Å². The zero-order chi connectivity index (χ0) is 9.56. The Bertz CT molecular complexity index is 105. The highest BCUT2D eigenvalue weighted by molar-refractivity contribution is 4.78. The van der Waals surface area contributed by atoms with E-state index in [0.717, 1.165) is 12.8 Å². The quantitative estimate of drug-likeness (QED) is 0.471. The van der Waals surface area contributed by atoms with E-state index in [1.165, 1.54) is 0 Å². The molecular formula is C9H22N2O. The minimum absolute atomic E-state index is 0.180. The van der Waals surface area contributed by atoms with Crippen LogP contribution in [0.4, 0.5) is 0 Å². The molecule has 3 N–H and O–H groups in total.